The predicted octanol–water partition coefficient (Wildman–Crippen LogP) is 5.11. The van der Waals surface area contributed by atoms with Gasteiger partial charge in [0.05, 0.1) is 5.56 Å². The Hall–Kier alpha value is -1.26. The number of carbonyl (C=O) groups is 1. The van der Waals surface area contributed by atoms with Crippen molar-refractivity contribution in [2.24, 2.45) is 0 Å². The lowest BCUT2D eigenvalue weighted by Crippen LogP contribution is -2.12. The topological polar surface area (TPSA) is 29.1 Å². The summed E-state index contributed by atoms with van der Waals surface area (Å²) in [7, 11) is 0. The van der Waals surface area contributed by atoms with E-state index in [0.29, 0.717) is 11.5 Å². The molecule has 4 heteroatoms. The monoisotopic (exact) mass is 349 g/mol. The van der Waals surface area contributed by atoms with Crippen molar-refractivity contribution in [3.63, 3.8) is 0 Å². The molecular weight excluding hydrogens is 334 g/mol. The fourth-order valence-electron chi connectivity index (χ4n) is 1.86. The number of thiol groups is 1. The molecule has 2 rings (SSSR count). The predicted molar refractivity (Wildman–Crippen MR) is 89.9 cm³/mol. The summed E-state index contributed by atoms with van der Waals surface area (Å²) >= 11 is 7.65. The molecule has 0 fully saturated rings. The lowest BCUT2D eigenvalue weighted by Gasteiger charge is -2.10. The quantitative estimate of drug-likeness (QED) is 0.740. The minimum atomic E-state index is -0.145. The zero-order valence-corrected chi connectivity index (χ0v) is 13.8. The van der Waals surface area contributed by atoms with E-state index in [1.807, 2.05) is 30.3 Å². The third-order valence-corrected chi connectivity index (χ3v) is 3.98. The molecule has 1 N–H and O–H groups in total. The third-order valence-electron chi connectivity index (χ3n) is 3.01. The average molecular weight is 350 g/mol. The highest BCUT2D eigenvalue weighted by atomic mass is 79.9. The molecule has 0 radical (unpaired) electrons. The molecule has 0 heterocycles. The number of hydrogen-bond donors (Lipinski definition) is 2. The second kappa shape index (κ2) is 6.46. The van der Waals surface area contributed by atoms with Gasteiger partial charge in [-0.1, -0.05) is 26.0 Å². The molecule has 0 aliphatic heterocycles. The second-order valence-electron chi connectivity index (χ2n) is 4.90. The van der Waals surface area contributed by atoms with Crippen LogP contribution in [-0.4, -0.2) is 5.91 Å². The van der Waals surface area contributed by atoms with E-state index < -0.39 is 0 Å². The molecule has 0 atom stereocenters. The van der Waals surface area contributed by atoms with Gasteiger partial charge in [0.1, 0.15) is 0 Å². The first-order chi connectivity index (χ1) is 9.47. The van der Waals surface area contributed by atoms with Gasteiger partial charge in [-0.2, -0.15) is 0 Å². The van der Waals surface area contributed by atoms with E-state index in [0.717, 1.165) is 15.1 Å². The van der Waals surface area contributed by atoms with Crippen molar-refractivity contribution in [1.29, 1.82) is 0 Å². The van der Waals surface area contributed by atoms with E-state index >= 15 is 0 Å². The number of carbonyl (C=O) groups excluding carboxylic acids is 1. The maximum Gasteiger partial charge on any atom is 0.256 e. The first-order valence-corrected chi connectivity index (χ1v) is 7.61. The van der Waals surface area contributed by atoms with E-state index in [1.165, 1.54) is 5.56 Å². The van der Waals surface area contributed by atoms with Gasteiger partial charge in [-0.3, -0.25) is 4.79 Å². The minimum absolute atomic E-state index is 0.145. The third kappa shape index (κ3) is 3.64. The number of nitrogens with one attached hydrogen (secondary N) is 1. The van der Waals surface area contributed by atoms with Crippen LogP contribution in [0, 0.1) is 0 Å². The van der Waals surface area contributed by atoms with Gasteiger partial charge < -0.3 is 5.32 Å². The summed E-state index contributed by atoms with van der Waals surface area (Å²) in [5, 5.41) is 2.92. The first-order valence-electron chi connectivity index (χ1n) is 6.37. The highest BCUT2D eigenvalue weighted by molar-refractivity contribution is 9.10. The molecule has 0 spiro atoms. The Balaban J connectivity index is 2.23. The van der Waals surface area contributed by atoms with Crippen LogP contribution in [0.1, 0.15) is 35.7 Å². The van der Waals surface area contributed by atoms with Crippen molar-refractivity contribution < 1.29 is 4.79 Å². The van der Waals surface area contributed by atoms with Gasteiger partial charge in [-0.15, -0.1) is 12.6 Å². The molecule has 2 nitrogen and oxygen atoms in total. The Kier molecular flexibility index (Phi) is 4.89. The highest BCUT2D eigenvalue weighted by Crippen LogP contribution is 2.23. The van der Waals surface area contributed by atoms with Gasteiger partial charge in [-0.25, -0.2) is 0 Å². The van der Waals surface area contributed by atoms with Crippen LogP contribution >= 0.6 is 28.6 Å². The molecule has 0 bridgehead atoms. The lowest BCUT2D eigenvalue weighted by molar-refractivity contribution is 0.102. The molecule has 104 valence electrons. The van der Waals surface area contributed by atoms with Gasteiger partial charge in [0.25, 0.3) is 5.91 Å². The van der Waals surface area contributed by atoms with Crippen LogP contribution in [0.25, 0.3) is 0 Å². The van der Waals surface area contributed by atoms with Crippen molar-refractivity contribution >= 4 is 40.2 Å². The SMILES string of the molecule is CC(C)c1cccc(NC(=O)c2cc(S)ccc2Br)c1. The number of benzene rings is 2. The number of halogens is 1. The first kappa shape index (κ1) is 15.1. The smallest absolute Gasteiger partial charge is 0.256 e. The fourth-order valence-corrected chi connectivity index (χ4v) is 2.49. The van der Waals surface area contributed by atoms with E-state index in [-0.39, 0.29) is 5.91 Å². The number of hydrogen-bond acceptors (Lipinski definition) is 2. The van der Waals surface area contributed by atoms with Crippen LogP contribution < -0.4 is 5.32 Å². The van der Waals surface area contributed by atoms with E-state index in [1.54, 1.807) is 6.07 Å². The zero-order valence-electron chi connectivity index (χ0n) is 11.4. The maximum atomic E-state index is 12.3. The molecule has 2 aromatic carbocycles. The molecule has 0 aliphatic rings. The van der Waals surface area contributed by atoms with Gasteiger partial charge in [0.2, 0.25) is 0 Å². The Morgan fingerprint density at radius 3 is 2.65 bits per heavy atom. The summed E-state index contributed by atoms with van der Waals surface area (Å²) in [6.07, 6.45) is 0. The van der Waals surface area contributed by atoms with Crippen molar-refractivity contribution in [3.05, 3.63) is 58.1 Å². The van der Waals surface area contributed by atoms with Crippen molar-refractivity contribution in [3.8, 4) is 0 Å². The van der Waals surface area contributed by atoms with Crippen LogP contribution in [0.15, 0.2) is 51.8 Å². The zero-order chi connectivity index (χ0) is 14.7. The number of rotatable bonds is 3. The molecule has 2 aromatic rings. The van der Waals surface area contributed by atoms with Crippen molar-refractivity contribution in [1.82, 2.24) is 0 Å². The van der Waals surface area contributed by atoms with Gasteiger partial charge in [-0.05, 0) is 57.7 Å². The molecule has 0 aliphatic carbocycles. The maximum absolute atomic E-state index is 12.3. The summed E-state index contributed by atoms with van der Waals surface area (Å²) in [4.78, 5) is 13.1. The fraction of sp³-hybridized carbons (Fsp3) is 0.188. The van der Waals surface area contributed by atoms with E-state index in [2.05, 4.69) is 53.8 Å². The summed E-state index contributed by atoms with van der Waals surface area (Å²) in [5.41, 5.74) is 2.58. The van der Waals surface area contributed by atoms with Crippen LogP contribution in [0.5, 0.6) is 0 Å². The molecule has 0 saturated heterocycles. The van der Waals surface area contributed by atoms with Crippen LogP contribution in [0.3, 0.4) is 0 Å². The van der Waals surface area contributed by atoms with Crippen LogP contribution in [0.4, 0.5) is 5.69 Å². The molecule has 0 aromatic heterocycles. The van der Waals surface area contributed by atoms with Crippen LogP contribution in [0.2, 0.25) is 0 Å². The summed E-state index contributed by atoms with van der Waals surface area (Å²) in [6, 6.07) is 13.3. The molecular formula is C16H16BrNOS. The molecule has 1 amide bonds. The van der Waals surface area contributed by atoms with E-state index in [4.69, 9.17) is 0 Å². The standard InChI is InChI=1S/C16H16BrNOS/c1-10(2)11-4-3-5-12(8-11)18-16(19)14-9-13(20)6-7-15(14)17/h3-10,20H,1-2H3,(H,18,19). The van der Waals surface area contributed by atoms with Gasteiger partial charge >= 0.3 is 0 Å². The van der Waals surface area contributed by atoms with E-state index in [9.17, 15) is 4.79 Å². The Bertz CT molecular complexity index is 640. The Labute approximate surface area is 133 Å². The van der Waals surface area contributed by atoms with Crippen molar-refractivity contribution in [2.75, 3.05) is 5.32 Å². The number of amides is 1. The summed E-state index contributed by atoms with van der Waals surface area (Å²) < 4.78 is 0.757. The lowest BCUT2D eigenvalue weighted by atomic mass is 10.0. The Morgan fingerprint density at radius 1 is 1.20 bits per heavy atom. The molecule has 20 heavy (non-hydrogen) atoms. The second-order valence-corrected chi connectivity index (χ2v) is 6.27. The summed E-state index contributed by atoms with van der Waals surface area (Å²) in [5.74, 6) is 0.285. The largest absolute Gasteiger partial charge is 0.322 e. The van der Waals surface area contributed by atoms with Crippen LogP contribution in [-0.2, 0) is 0 Å². The summed E-state index contributed by atoms with van der Waals surface area (Å²) in [6.45, 7) is 4.25. The highest BCUT2D eigenvalue weighted by Gasteiger charge is 2.11. The molecule has 0 unspecified atom stereocenters. The minimum Gasteiger partial charge on any atom is -0.322 e. The molecule has 0 saturated carbocycles. The van der Waals surface area contributed by atoms with Gasteiger partial charge in [0, 0.05) is 15.1 Å². The normalized spacial score (nSPS) is 10.7. The average Bonchev–Trinajstić information content (AvgIpc) is 2.41. The Morgan fingerprint density at radius 2 is 1.95 bits per heavy atom. The van der Waals surface area contributed by atoms with Crippen molar-refractivity contribution in [2.45, 2.75) is 24.7 Å². The van der Waals surface area contributed by atoms with Gasteiger partial charge in [0.15, 0.2) is 0 Å². The number of anilines is 1.